The van der Waals surface area contributed by atoms with Crippen LogP contribution in [-0.2, 0) is 4.79 Å². The number of hydrogen-bond donors (Lipinski definition) is 1. The fraction of sp³-hybridized carbons (Fsp3) is 0.125. The van der Waals surface area contributed by atoms with E-state index < -0.39 is 6.10 Å². The molecular formula is C16H12N2O2. The third-order valence-electron chi connectivity index (χ3n) is 3.32. The molecule has 0 radical (unpaired) electrons. The van der Waals surface area contributed by atoms with Gasteiger partial charge in [-0.05, 0) is 36.8 Å². The number of fused-ring (bicyclic) bond motifs is 1. The lowest BCUT2D eigenvalue weighted by molar-refractivity contribution is -0.123. The molecule has 1 aliphatic heterocycles. The summed E-state index contributed by atoms with van der Waals surface area (Å²) in [7, 11) is 0. The highest BCUT2D eigenvalue weighted by atomic mass is 16.5. The minimum atomic E-state index is -0.724. The molecule has 0 saturated carbocycles. The lowest BCUT2D eigenvalue weighted by atomic mass is 9.99. The number of amides is 1. The fourth-order valence-corrected chi connectivity index (χ4v) is 2.25. The van der Waals surface area contributed by atoms with E-state index in [2.05, 4.69) is 11.4 Å². The maximum atomic E-state index is 12.2. The standard InChI is InChI=1S/C16H12N2O2/c1-10-6-7-11(9-17)8-12(10)15-16(19)18-13-4-2-3-5-14(13)20-15/h2-8,15H,1H3,(H,18,19)/t15-/m0/s1. The Hall–Kier alpha value is -2.80. The largest absolute Gasteiger partial charge is 0.474 e. The summed E-state index contributed by atoms with van der Waals surface area (Å²) in [6, 6.07) is 14.6. The second kappa shape index (κ2) is 4.71. The molecule has 1 N–H and O–H groups in total. The van der Waals surface area contributed by atoms with Crippen molar-refractivity contribution in [3.63, 3.8) is 0 Å². The lowest BCUT2D eigenvalue weighted by Gasteiger charge is -2.27. The van der Waals surface area contributed by atoms with E-state index in [-0.39, 0.29) is 5.91 Å². The van der Waals surface area contributed by atoms with Gasteiger partial charge in [0.05, 0.1) is 17.3 Å². The first-order chi connectivity index (χ1) is 9.69. The van der Waals surface area contributed by atoms with Crippen LogP contribution in [0.3, 0.4) is 0 Å². The molecule has 3 rings (SSSR count). The minimum absolute atomic E-state index is 0.220. The summed E-state index contributed by atoms with van der Waals surface area (Å²) in [5, 5.41) is 11.8. The number of para-hydroxylation sites is 2. The zero-order chi connectivity index (χ0) is 14.1. The van der Waals surface area contributed by atoms with Gasteiger partial charge in [0, 0.05) is 5.56 Å². The molecule has 0 unspecified atom stereocenters. The molecule has 2 aromatic rings. The average Bonchev–Trinajstić information content (AvgIpc) is 2.47. The molecule has 0 fully saturated rings. The van der Waals surface area contributed by atoms with E-state index in [1.54, 1.807) is 18.2 Å². The zero-order valence-corrected chi connectivity index (χ0v) is 10.9. The molecule has 0 spiro atoms. The van der Waals surface area contributed by atoms with Crippen molar-refractivity contribution in [2.24, 2.45) is 0 Å². The van der Waals surface area contributed by atoms with Crippen LogP contribution in [-0.4, -0.2) is 5.91 Å². The topological polar surface area (TPSA) is 62.1 Å². The summed E-state index contributed by atoms with van der Waals surface area (Å²) < 4.78 is 5.79. The first-order valence-corrected chi connectivity index (χ1v) is 6.26. The van der Waals surface area contributed by atoms with E-state index in [4.69, 9.17) is 10.00 Å². The molecule has 0 bridgehead atoms. The normalized spacial score (nSPS) is 16.6. The molecule has 1 amide bonds. The van der Waals surface area contributed by atoms with Crippen LogP contribution in [0.25, 0.3) is 0 Å². The van der Waals surface area contributed by atoms with Gasteiger partial charge in [0.15, 0.2) is 0 Å². The summed E-state index contributed by atoms with van der Waals surface area (Å²) in [6.07, 6.45) is -0.724. The van der Waals surface area contributed by atoms with Gasteiger partial charge in [-0.3, -0.25) is 4.79 Å². The van der Waals surface area contributed by atoms with Gasteiger partial charge < -0.3 is 10.1 Å². The van der Waals surface area contributed by atoms with Crippen LogP contribution in [0.4, 0.5) is 5.69 Å². The van der Waals surface area contributed by atoms with Gasteiger partial charge in [0.25, 0.3) is 5.91 Å². The molecule has 4 nitrogen and oxygen atoms in total. The quantitative estimate of drug-likeness (QED) is 0.861. The number of nitrogens with one attached hydrogen (secondary N) is 1. The van der Waals surface area contributed by atoms with Crippen molar-refractivity contribution in [1.82, 2.24) is 0 Å². The number of nitrogens with zero attached hydrogens (tertiary/aromatic N) is 1. The lowest BCUT2D eigenvalue weighted by Crippen LogP contribution is -2.30. The van der Waals surface area contributed by atoms with E-state index >= 15 is 0 Å². The predicted octanol–water partition coefficient (Wildman–Crippen LogP) is 2.94. The molecule has 20 heavy (non-hydrogen) atoms. The molecule has 98 valence electrons. The Morgan fingerprint density at radius 2 is 2.05 bits per heavy atom. The van der Waals surface area contributed by atoms with Crippen molar-refractivity contribution in [3.05, 3.63) is 59.2 Å². The number of anilines is 1. The fourth-order valence-electron chi connectivity index (χ4n) is 2.25. The van der Waals surface area contributed by atoms with E-state index in [0.29, 0.717) is 17.0 Å². The van der Waals surface area contributed by atoms with Gasteiger partial charge in [0.1, 0.15) is 5.75 Å². The zero-order valence-electron chi connectivity index (χ0n) is 10.9. The Labute approximate surface area is 116 Å². The maximum Gasteiger partial charge on any atom is 0.270 e. The van der Waals surface area contributed by atoms with Gasteiger partial charge in [-0.15, -0.1) is 0 Å². The highest BCUT2D eigenvalue weighted by Crippen LogP contribution is 2.35. The molecule has 4 heteroatoms. The van der Waals surface area contributed by atoms with Crippen LogP contribution in [0.2, 0.25) is 0 Å². The second-order valence-electron chi connectivity index (χ2n) is 4.67. The van der Waals surface area contributed by atoms with E-state index in [1.165, 1.54) is 0 Å². The Balaban J connectivity index is 2.04. The second-order valence-corrected chi connectivity index (χ2v) is 4.67. The molecule has 0 aromatic heterocycles. The Morgan fingerprint density at radius 1 is 1.25 bits per heavy atom. The van der Waals surface area contributed by atoms with Crippen LogP contribution in [0.1, 0.15) is 22.8 Å². The molecule has 2 aromatic carbocycles. The first-order valence-electron chi connectivity index (χ1n) is 6.26. The van der Waals surface area contributed by atoms with E-state index in [9.17, 15) is 4.79 Å². The van der Waals surface area contributed by atoms with Gasteiger partial charge in [-0.2, -0.15) is 5.26 Å². The van der Waals surface area contributed by atoms with Crippen molar-refractivity contribution in [1.29, 1.82) is 5.26 Å². The average molecular weight is 264 g/mol. The van der Waals surface area contributed by atoms with Gasteiger partial charge in [-0.1, -0.05) is 18.2 Å². The number of ether oxygens (including phenoxy) is 1. The molecule has 0 aliphatic carbocycles. The van der Waals surface area contributed by atoms with Crippen LogP contribution in [0, 0.1) is 18.3 Å². The van der Waals surface area contributed by atoms with Crippen LogP contribution >= 0.6 is 0 Å². The number of aryl methyl sites for hydroxylation is 1. The van der Waals surface area contributed by atoms with Crippen LogP contribution in [0.5, 0.6) is 5.75 Å². The van der Waals surface area contributed by atoms with Crippen molar-refractivity contribution in [3.8, 4) is 11.8 Å². The number of hydrogen-bond acceptors (Lipinski definition) is 3. The van der Waals surface area contributed by atoms with E-state index in [1.807, 2.05) is 31.2 Å². The van der Waals surface area contributed by atoms with Gasteiger partial charge in [-0.25, -0.2) is 0 Å². The third-order valence-corrected chi connectivity index (χ3v) is 3.32. The van der Waals surface area contributed by atoms with Crippen LogP contribution < -0.4 is 10.1 Å². The summed E-state index contributed by atoms with van der Waals surface area (Å²) >= 11 is 0. The van der Waals surface area contributed by atoms with Crippen molar-refractivity contribution in [2.75, 3.05) is 5.32 Å². The van der Waals surface area contributed by atoms with E-state index in [0.717, 1.165) is 11.1 Å². The number of carbonyl (C=O) groups is 1. The minimum Gasteiger partial charge on any atom is -0.474 e. The number of nitriles is 1. The molecule has 0 saturated heterocycles. The van der Waals surface area contributed by atoms with Crippen molar-refractivity contribution < 1.29 is 9.53 Å². The summed E-state index contributed by atoms with van der Waals surface area (Å²) in [6.45, 7) is 1.90. The molecule has 1 atom stereocenters. The smallest absolute Gasteiger partial charge is 0.270 e. The molecule has 1 aliphatic rings. The SMILES string of the molecule is Cc1ccc(C#N)cc1[C@@H]1Oc2ccccc2NC1=O. The van der Waals surface area contributed by atoms with Gasteiger partial charge in [0.2, 0.25) is 6.10 Å². The number of carbonyl (C=O) groups excluding carboxylic acids is 1. The Morgan fingerprint density at radius 3 is 2.85 bits per heavy atom. The highest BCUT2D eigenvalue weighted by molar-refractivity contribution is 5.98. The molecule has 1 heterocycles. The summed E-state index contributed by atoms with van der Waals surface area (Å²) in [5.74, 6) is 0.417. The Bertz CT molecular complexity index is 731. The molecular weight excluding hydrogens is 252 g/mol. The Kier molecular flexibility index (Phi) is 2.88. The van der Waals surface area contributed by atoms with Crippen molar-refractivity contribution >= 4 is 11.6 Å². The third kappa shape index (κ3) is 1.99. The monoisotopic (exact) mass is 264 g/mol. The first kappa shape index (κ1) is 12.2. The highest BCUT2D eigenvalue weighted by Gasteiger charge is 2.30. The summed E-state index contributed by atoms with van der Waals surface area (Å²) in [5.41, 5.74) is 2.82. The summed E-state index contributed by atoms with van der Waals surface area (Å²) in [4.78, 5) is 12.2. The maximum absolute atomic E-state index is 12.2. The number of rotatable bonds is 1. The number of benzene rings is 2. The van der Waals surface area contributed by atoms with Crippen LogP contribution in [0.15, 0.2) is 42.5 Å². The predicted molar refractivity (Wildman–Crippen MR) is 74.3 cm³/mol. The van der Waals surface area contributed by atoms with Gasteiger partial charge >= 0.3 is 0 Å². The van der Waals surface area contributed by atoms with Crippen molar-refractivity contribution in [2.45, 2.75) is 13.0 Å².